The topological polar surface area (TPSA) is 172 Å². The molecule has 43 heavy (non-hydrogen) atoms. The van der Waals surface area contributed by atoms with Gasteiger partial charge in [-0.05, 0) is 44.9 Å². The summed E-state index contributed by atoms with van der Waals surface area (Å²) in [5.74, 6) is -2.51. The molecule has 246 valence electrons. The van der Waals surface area contributed by atoms with Gasteiger partial charge in [0.05, 0.1) is 13.2 Å². The van der Waals surface area contributed by atoms with Gasteiger partial charge in [-0.2, -0.15) is 0 Å². The third kappa shape index (κ3) is 26.8. The summed E-state index contributed by atoms with van der Waals surface area (Å²) in [5.41, 5.74) is 5.24. The van der Waals surface area contributed by atoms with Crippen LogP contribution in [0.1, 0.15) is 97.3 Å². The van der Waals surface area contributed by atoms with Gasteiger partial charge in [0.25, 0.3) is 0 Å². The smallest absolute Gasteiger partial charge is 0.472 e. The van der Waals surface area contributed by atoms with Crippen molar-refractivity contribution in [1.29, 1.82) is 0 Å². The number of ether oxygens (including phenoxy) is 2. The molecule has 0 aliphatic heterocycles. The van der Waals surface area contributed by atoms with E-state index in [0.717, 1.165) is 64.2 Å². The molecule has 0 fully saturated rings. The Morgan fingerprint density at radius 2 is 1.28 bits per heavy atom. The maximum Gasteiger partial charge on any atom is 0.472 e. The Morgan fingerprint density at radius 1 is 0.744 bits per heavy atom. The number of nitrogens with two attached hydrogens (primary N) is 1. The highest BCUT2D eigenvalue weighted by Gasteiger charge is 2.28. The number of carboxylic acid groups (broad SMARTS) is 1. The molecule has 12 heteroatoms. The van der Waals surface area contributed by atoms with Gasteiger partial charge in [0.2, 0.25) is 0 Å². The van der Waals surface area contributed by atoms with Crippen LogP contribution in [0.4, 0.5) is 0 Å². The monoisotopic (exact) mass is 629 g/mol. The van der Waals surface area contributed by atoms with Crippen molar-refractivity contribution >= 4 is 25.7 Å². The summed E-state index contributed by atoms with van der Waals surface area (Å²) in [6.45, 7) is 1.99. The Labute approximate surface area is 256 Å². The lowest BCUT2D eigenvalue weighted by Crippen LogP contribution is -2.34. The molecular formula is C31H52NO10P. The van der Waals surface area contributed by atoms with E-state index < -0.39 is 51.1 Å². The summed E-state index contributed by atoms with van der Waals surface area (Å²) in [4.78, 5) is 44.2. The van der Waals surface area contributed by atoms with Gasteiger partial charge in [-0.3, -0.25) is 23.4 Å². The molecule has 0 aliphatic carbocycles. The van der Waals surface area contributed by atoms with Crippen LogP contribution in [0, 0.1) is 0 Å². The molecule has 0 radical (unpaired) electrons. The molecule has 11 nitrogen and oxygen atoms in total. The molecule has 4 N–H and O–H groups in total. The number of hydrogen-bond donors (Lipinski definition) is 3. The molecule has 3 unspecified atom stereocenters. The van der Waals surface area contributed by atoms with Gasteiger partial charge in [-0.25, -0.2) is 4.57 Å². The van der Waals surface area contributed by atoms with Crippen molar-refractivity contribution in [2.75, 3.05) is 19.8 Å². The van der Waals surface area contributed by atoms with Crippen molar-refractivity contribution in [2.24, 2.45) is 5.73 Å². The number of carbonyl (C=O) groups is 3. The Balaban J connectivity index is 4.12. The first-order valence-electron chi connectivity index (χ1n) is 15.2. The summed E-state index contributed by atoms with van der Waals surface area (Å²) in [6.07, 6.45) is 27.4. The number of hydrogen-bond acceptors (Lipinski definition) is 9. The van der Waals surface area contributed by atoms with Crippen LogP contribution in [0.5, 0.6) is 0 Å². The number of esters is 2. The van der Waals surface area contributed by atoms with E-state index in [9.17, 15) is 23.8 Å². The molecule has 0 heterocycles. The number of unbranched alkanes of at least 4 members (excludes halogenated alkanes) is 6. The summed E-state index contributed by atoms with van der Waals surface area (Å²) >= 11 is 0. The van der Waals surface area contributed by atoms with Gasteiger partial charge >= 0.3 is 25.7 Å². The van der Waals surface area contributed by atoms with Crippen LogP contribution in [0.15, 0.2) is 48.6 Å². The van der Waals surface area contributed by atoms with Crippen LogP contribution in [0.3, 0.4) is 0 Å². The zero-order valence-electron chi connectivity index (χ0n) is 25.8. The molecule has 3 atom stereocenters. The molecule has 0 aliphatic rings. The number of rotatable bonds is 27. The lowest BCUT2D eigenvalue weighted by Gasteiger charge is -2.20. The number of carbonyl (C=O) groups excluding carboxylic acids is 2. The number of allylic oxidation sites excluding steroid dienone is 8. The first-order chi connectivity index (χ1) is 20.6. The van der Waals surface area contributed by atoms with Gasteiger partial charge in [0, 0.05) is 12.8 Å². The summed E-state index contributed by atoms with van der Waals surface area (Å²) < 4.78 is 31.6. The zero-order valence-corrected chi connectivity index (χ0v) is 26.7. The highest BCUT2D eigenvalue weighted by molar-refractivity contribution is 7.47. The highest BCUT2D eigenvalue weighted by Crippen LogP contribution is 2.43. The van der Waals surface area contributed by atoms with Crippen molar-refractivity contribution < 1.29 is 47.5 Å². The van der Waals surface area contributed by atoms with Gasteiger partial charge in [-0.15, -0.1) is 0 Å². The van der Waals surface area contributed by atoms with E-state index in [0.29, 0.717) is 6.42 Å². The normalized spacial score (nSPS) is 14.9. The van der Waals surface area contributed by atoms with E-state index in [1.54, 1.807) is 6.92 Å². The SMILES string of the molecule is CC/C=C\C/C=C\C/C=C\C/C=C\CCCCCCCCC(=O)OC(COC(=O)CC)COP(=O)(O)OCC(N)C(=O)O. The Kier molecular flexibility index (Phi) is 25.4. The van der Waals surface area contributed by atoms with Crippen molar-refractivity contribution in [1.82, 2.24) is 0 Å². The van der Waals surface area contributed by atoms with Crippen molar-refractivity contribution in [3.63, 3.8) is 0 Å². The lowest BCUT2D eigenvalue weighted by molar-refractivity contribution is -0.161. The number of aliphatic carboxylic acids is 1. The fourth-order valence-electron chi connectivity index (χ4n) is 3.45. The minimum atomic E-state index is -4.68. The van der Waals surface area contributed by atoms with Crippen molar-refractivity contribution in [2.45, 2.75) is 109 Å². The molecule has 0 saturated carbocycles. The molecule has 0 aromatic carbocycles. The minimum absolute atomic E-state index is 0.0969. The molecule has 0 aromatic rings. The van der Waals surface area contributed by atoms with E-state index in [1.165, 1.54) is 0 Å². The van der Waals surface area contributed by atoms with Crippen LogP contribution < -0.4 is 5.73 Å². The van der Waals surface area contributed by atoms with Crippen LogP contribution in [0.2, 0.25) is 0 Å². The summed E-state index contributed by atoms with van der Waals surface area (Å²) in [6, 6.07) is -1.52. The highest BCUT2D eigenvalue weighted by atomic mass is 31.2. The first kappa shape index (κ1) is 40.4. The fourth-order valence-corrected chi connectivity index (χ4v) is 4.22. The summed E-state index contributed by atoms with van der Waals surface area (Å²) in [7, 11) is -4.68. The second-order valence-electron chi connectivity index (χ2n) is 9.81. The second-order valence-corrected chi connectivity index (χ2v) is 11.3. The lowest BCUT2D eigenvalue weighted by atomic mass is 10.1. The molecule has 0 bridgehead atoms. The van der Waals surface area contributed by atoms with E-state index in [2.05, 4.69) is 60.1 Å². The van der Waals surface area contributed by atoms with E-state index in [1.807, 2.05) is 0 Å². The maximum atomic E-state index is 12.3. The maximum absolute atomic E-state index is 12.3. The summed E-state index contributed by atoms with van der Waals surface area (Å²) in [5, 5.41) is 8.74. The zero-order chi connectivity index (χ0) is 32.2. The quantitative estimate of drug-likeness (QED) is 0.0402. The van der Waals surface area contributed by atoms with E-state index in [-0.39, 0.29) is 19.4 Å². The van der Waals surface area contributed by atoms with E-state index in [4.69, 9.17) is 24.8 Å². The van der Waals surface area contributed by atoms with Crippen LogP contribution >= 0.6 is 7.82 Å². The van der Waals surface area contributed by atoms with Gasteiger partial charge in [-0.1, -0.05) is 88.1 Å². The Bertz CT molecular complexity index is 932. The van der Waals surface area contributed by atoms with Gasteiger partial charge in [0.1, 0.15) is 12.6 Å². The third-order valence-electron chi connectivity index (χ3n) is 5.90. The van der Waals surface area contributed by atoms with Crippen LogP contribution in [-0.4, -0.2) is 59.9 Å². The number of phosphoric acid groups is 1. The van der Waals surface area contributed by atoms with Crippen molar-refractivity contribution in [3.05, 3.63) is 48.6 Å². The molecule has 0 saturated heterocycles. The molecular weight excluding hydrogens is 577 g/mol. The average molecular weight is 630 g/mol. The van der Waals surface area contributed by atoms with Gasteiger partial charge in [0.15, 0.2) is 6.10 Å². The predicted octanol–water partition coefficient (Wildman–Crippen LogP) is 6.32. The molecule has 0 rings (SSSR count). The number of carboxylic acids is 1. The number of phosphoric ester groups is 1. The van der Waals surface area contributed by atoms with E-state index >= 15 is 0 Å². The molecule has 0 aromatic heterocycles. The largest absolute Gasteiger partial charge is 0.480 e. The molecule has 0 spiro atoms. The molecule has 0 amide bonds. The fraction of sp³-hybridized carbons (Fsp3) is 0.645. The third-order valence-corrected chi connectivity index (χ3v) is 6.85. The Hall–Kier alpha value is -2.56. The minimum Gasteiger partial charge on any atom is -0.480 e. The van der Waals surface area contributed by atoms with Gasteiger partial charge < -0.3 is 25.2 Å². The van der Waals surface area contributed by atoms with Crippen molar-refractivity contribution in [3.8, 4) is 0 Å². The first-order valence-corrected chi connectivity index (χ1v) is 16.7. The second kappa shape index (κ2) is 27.0. The standard InChI is InChI=1S/C31H52NO10P/c1-3-5-6-7-8-9-10-11-12-13-14-15-16-17-18-19-20-21-22-23-30(34)42-27(24-39-29(33)4-2)25-40-43(37,38)41-26-28(32)31(35)36/h5-6,8-9,11-12,14-15,27-28H,3-4,7,10,13,16-26,32H2,1-2H3,(H,35,36)(H,37,38)/b6-5-,9-8-,12-11-,15-14-. The van der Waals surface area contributed by atoms with Crippen LogP contribution in [0.25, 0.3) is 0 Å². The average Bonchev–Trinajstić information content (AvgIpc) is 2.98. The Morgan fingerprint density at radius 3 is 1.86 bits per heavy atom. The predicted molar refractivity (Wildman–Crippen MR) is 166 cm³/mol. The van der Waals surface area contributed by atoms with Crippen LogP contribution in [-0.2, 0) is 37.5 Å².